The summed E-state index contributed by atoms with van der Waals surface area (Å²) >= 11 is 1.56. The fraction of sp³-hybridized carbons (Fsp3) is 0.273. The van der Waals surface area contributed by atoms with E-state index in [9.17, 15) is 9.59 Å². The maximum absolute atomic E-state index is 12.9. The van der Waals surface area contributed by atoms with Crippen LogP contribution in [0.1, 0.15) is 24.1 Å². The molecule has 1 atom stereocenters. The molecular formula is C22H22N2O5S. The molecule has 2 aliphatic heterocycles. The number of nitrogens with one attached hydrogen (secondary N) is 2. The average molecular weight is 426 g/mol. The Balaban J connectivity index is 1.70. The van der Waals surface area contributed by atoms with Crippen molar-refractivity contribution < 1.29 is 23.8 Å². The van der Waals surface area contributed by atoms with Crippen molar-refractivity contribution in [2.45, 2.75) is 24.8 Å². The predicted molar refractivity (Wildman–Crippen MR) is 113 cm³/mol. The summed E-state index contributed by atoms with van der Waals surface area (Å²) in [5, 5.41) is 5.64. The first-order valence-corrected chi connectivity index (χ1v) is 10.6. The first-order valence-electron chi connectivity index (χ1n) is 9.62. The molecule has 0 spiro atoms. The van der Waals surface area contributed by atoms with E-state index in [4.69, 9.17) is 14.2 Å². The number of carbonyl (C=O) groups is 2. The van der Waals surface area contributed by atoms with Crippen LogP contribution >= 0.6 is 11.8 Å². The number of fused-ring (bicyclic) bond motifs is 1. The topological polar surface area (TPSA) is 85.9 Å². The first kappa shape index (κ1) is 20.2. The van der Waals surface area contributed by atoms with Crippen molar-refractivity contribution in [1.29, 1.82) is 0 Å². The number of esters is 1. The van der Waals surface area contributed by atoms with Gasteiger partial charge in [0.2, 0.25) is 6.79 Å². The SMILES string of the molecule is CCOC(=O)C1=C(CSc2ccccc2C)NC(=O)N[C@@H]1c1ccc2c(c1)OCO2. The van der Waals surface area contributed by atoms with Crippen LogP contribution in [0, 0.1) is 6.92 Å². The molecule has 0 aromatic heterocycles. The molecule has 2 aromatic carbocycles. The van der Waals surface area contributed by atoms with Crippen molar-refractivity contribution >= 4 is 23.8 Å². The lowest BCUT2D eigenvalue weighted by Crippen LogP contribution is -2.46. The van der Waals surface area contributed by atoms with Gasteiger partial charge in [-0.05, 0) is 43.2 Å². The van der Waals surface area contributed by atoms with Crippen LogP contribution in [-0.4, -0.2) is 31.2 Å². The van der Waals surface area contributed by atoms with Crippen molar-refractivity contribution in [2.75, 3.05) is 19.2 Å². The van der Waals surface area contributed by atoms with Gasteiger partial charge < -0.3 is 24.8 Å². The third kappa shape index (κ3) is 4.09. The summed E-state index contributed by atoms with van der Waals surface area (Å²) in [5.74, 6) is 1.18. The highest BCUT2D eigenvalue weighted by Crippen LogP contribution is 2.37. The number of aryl methyl sites for hydroxylation is 1. The number of urea groups is 1. The number of hydrogen-bond acceptors (Lipinski definition) is 6. The molecule has 0 bridgehead atoms. The molecule has 0 aliphatic carbocycles. The van der Waals surface area contributed by atoms with E-state index in [1.165, 1.54) is 0 Å². The molecule has 0 saturated carbocycles. The van der Waals surface area contributed by atoms with E-state index >= 15 is 0 Å². The summed E-state index contributed by atoms with van der Waals surface area (Å²) in [6.07, 6.45) is 0. The van der Waals surface area contributed by atoms with Crippen LogP contribution in [0.2, 0.25) is 0 Å². The van der Waals surface area contributed by atoms with Crippen LogP contribution in [0.25, 0.3) is 0 Å². The minimum Gasteiger partial charge on any atom is -0.463 e. The fourth-order valence-electron chi connectivity index (χ4n) is 3.39. The third-order valence-electron chi connectivity index (χ3n) is 4.84. The maximum atomic E-state index is 12.9. The molecule has 0 unspecified atom stereocenters. The van der Waals surface area contributed by atoms with E-state index in [1.54, 1.807) is 30.8 Å². The second kappa shape index (κ2) is 8.71. The summed E-state index contributed by atoms with van der Waals surface area (Å²) in [5.41, 5.74) is 2.77. The Morgan fingerprint density at radius 3 is 2.80 bits per heavy atom. The standard InChI is InChI=1S/C22H22N2O5S/c1-3-27-21(25)19-15(11-30-18-7-5-4-6-13(18)2)23-22(26)24-20(19)14-8-9-16-17(10-14)29-12-28-16/h4-10,20H,3,11-12H2,1-2H3,(H2,23,24,26)/t20-/m1/s1. The normalized spacial score (nSPS) is 17.4. The molecule has 2 N–H and O–H groups in total. The van der Waals surface area contributed by atoms with Crippen molar-refractivity contribution in [2.24, 2.45) is 0 Å². The largest absolute Gasteiger partial charge is 0.463 e. The number of hydrogen-bond donors (Lipinski definition) is 2. The van der Waals surface area contributed by atoms with E-state index in [2.05, 4.69) is 10.6 Å². The van der Waals surface area contributed by atoms with E-state index < -0.39 is 12.0 Å². The lowest BCUT2D eigenvalue weighted by molar-refractivity contribution is -0.139. The van der Waals surface area contributed by atoms with E-state index in [0.29, 0.717) is 28.5 Å². The molecule has 2 heterocycles. The Labute approximate surface area is 178 Å². The number of ether oxygens (including phenoxy) is 3. The second-order valence-corrected chi connectivity index (χ2v) is 7.83. The Bertz CT molecular complexity index is 1020. The number of benzene rings is 2. The van der Waals surface area contributed by atoms with Gasteiger partial charge in [0.05, 0.1) is 18.2 Å². The van der Waals surface area contributed by atoms with Crippen LogP contribution in [0.3, 0.4) is 0 Å². The fourth-order valence-corrected chi connectivity index (χ4v) is 4.39. The number of amides is 2. The predicted octanol–water partition coefficient (Wildman–Crippen LogP) is 3.69. The monoisotopic (exact) mass is 426 g/mol. The molecule has 0 saturated heterocycles. The number of rotatable bonds is 6. The molecule has 2 amide bonds. The highest BCUT2D eigenvalue weighted by Gasteiger charge is 2.34. The van der Waals surface area contributed by atoms with Crippen molar-refractivity contribution in [3.63, 3.8) is 0 Å². The molecule has 2 aliphatic rings. The number of thioether (sulfide) groups is 1. The Kier molecular flexibility index (Phi) is 5.85. The smallest absolute Gasteiger partial charge is 0.338 e. The van der Waals surface area contributed by atoms with E-state index in [0.717, 1.165) is 16.0 Å². The molecule has 30 heavy (non-hydrogen) atoms. The molecule has 156 valence electrons. The third-order valence-corrected chi connectivity index (χ3v) is 6.05. The summed E-state index contributed by atoms with van der Waals surface area (Å²) in [6.45, 7) is 4.17. The minimum absolute atomic E-state index is 0.149. The zero-order valence-electron chi connectivity index (χ0n) is 16.7. The van der Waals surface area contributed by atoms with Gasteiger partial charge in [0, 0.05) is 16.3 Å². The van der Waals surface area contributed by atoms with Crippen LogP contribution in [0.4, 0.5) is 4.79 Å². The Morgan fingerprint density at radius 2 is 2.00 bits per heavy atom. The highest BCUT2D eigenvalue weighted by molar-refractivity contribution is 7.99. The van der Waals surface area contributed by atoms with E-state index in [-0.39, 0.29) is 19.4 Å². The molecule has 0 radical (unpaired) electrons. The summed E-state index contributed by atoms with van der Waals surface area (Å²) in [6, 6.07) is 12.3. The first-order chi connectivity index (χ1) is 14.6. The van der Waals surface area contributed by atoms with Crippen LogP contribution in [-0.2, 0) is 9.53 Å². The Morgan fingerprint density at radius 1 is 1.20 bits per heavy atom. The summed E-state index contributed by atoms with van der Waals surface area (Å²) < 4.78 is 16.1. The van der Waals surface area contributed by atoms with Crippen molar-refractivity contribution in [3.05, 3.63) is 64.9 Å². The van der Waals surface area contributed by atoms with Crippen LogP contribution in [0.15, 0.2) is 58.6 Å². The lowest BCUT2D eigenvalue weighted by Gasteiger charge is -2.29. The average Bonchev–Trinajstić information content (AvgIpc) is 3.20. The van der Waals surface area contributed by atoms with Crippen molar-refractivity contribution in [3.8, 4) is 11.5 Å². The molecule has 4 rings (SSSR count). The zero-order valence-corrected chi connectivity index (χ0v) is 17.5. The highest BCUT2D eigenvalue weighted by atomic mass is 32.2. The molecule has 7 nitrogen and oxygen atoms in total. The lowest BCUT2D eigenvalue weighted by atomic mass is 9.95. The molecular weight excluding hydrogens is 404 g/mol. The molecule has 8 heteroatoms. The van der Waals surface area contributed by atoms with Crippen LogP contribution in [0.5, 0.6) is 11.5 Å². The van der Waals surface area contributed by atoms with Gasteiger partial charge in [-0.2, -0.15) is 0 Å². The van der Waals surface area contributed by atoms with Gasteiger partial charge in [-0.25, -0.2) is 9.59 Å². The van der Waals surface area contributed by atoms with Gasteiger partial charge >= 0.3 is 12.0 Å². The summed E-state index contributed by atoms with van der Waals surface area (Å²) in [7, 11) is 0. The quantitative estimate of drug-likeness (QED) is 0.541. The van der Waals surface area contributed by atoms with Gasteiger partial charge in [0.25, 0.3) is 0 Å². The minimum atomic E-state index is -0.653. The van der Waals surface area contributed by atoms with Gasteiger partial charge in [-0.1, -0.05) is 24.3 Å². The Hall–Kier alpha value is -3.13. The molecule has 0 fully saturated rings. The van der Waals surface area contributed by atoms with Gasteiger partial charge in [0.15, 0.2) is 11.5 Å². The van der Waals surface area contributed by atoms with Gasteiger partial charge in [0.1, 0.15) is 0 Å². The number of carbonyl (C=O) groups excluding carboxylic acids is 2. The van der Waals surface area contributed by atoms with Crippen molar-refractivity contribution in [1.82, 2.24) is 10.6 Å². The van der Waals surface area contributed by atoms with E-state index in [1.807, 2.05) is 37.3 Å². The molecule has 2 aromatic rings. The maximum Gasteiger partial charge on any atom is 0.338 e. The summed E-state index contributed by atoms with van der Waals surface area (Å²) in [4.78, 5) is 26.4. The second-order valence-electron chi connectivity index (χ2n) is 6.81. The zero-order chi connectivity index (χ0) is 21.1. The van der Waals surface area contributed by atoms with Gasteiger partial charge in [-0.15, -0.1) is 11.8 Å². The van der Waals surface area contributed by atoms with Crippen LogP contribution < -0.4 is 20.1 Å². The van der Waals surface area contributed by atoms with Gasteiger partial charge in [-0.3, -0.25) is 0 Å².